The highest BCUT2D eigenvalue weighted by Gasteiger charge is 2.52. The molecule has 5 aromatic rings. The Labute approximate surface area is 308 Å². The number of hydrogen-bond donors (Lipinski definition) is 13. The van der Waals surface area contributed by atoms with Crippen molar-refractivity contribution in [3.63, 3.8) is 0 Å². The van der Waals surface area contributed by atoms with Crippen molar-refractivity contribution < 1.29 is 80.0 Å². The van der Waals surface area contributed by atoms with Crippen LogP contribution in [-0.2, 0) is 14.2 Å². The summed E-state index contributed by atoms with van der Waals surface area (Å²) in [5.41, 5.74) is 3.13. The number of aliphatic hydroxyl groups excluding tert-OH is 9. The third-order valence-corrected chi connectivity index (χ3v) is 10.6. The summed E-state index contributed by atoms with van der Waals surface area (Å²) in [7, 11) is 0. The Morgan fingerprint density at radius 2 is 1.38 bits per heavy atom. The number of aromatic nitrogens is 2. The van der Waals surface area contributed by atoms with Gasteiger partial charge < -0.3 is 79.9 Å². The number of carbonyl (C=O) groups is 2. The van der Waals surface area contributed by atoms with Crippen LogP contribution in [0, 0.1) is 0 Å². The minimum atomic E-state index is -1.94. The molecule has 3 aliphatic rings. The van der Waals surface area contributed by atoms with Crippen molar-refractivity contribution in [3.8, 4) is 11.5 Å². The predicted octanol–water partition coefficient (Wildman–Crippen LogP) is -2.91. The van der Waals surface area contributed by atoms with Crippen molar-refractivity contribution >= 4 is 55.4 Å². The minimum absolute atomic E-state index is 0.0786. The molecular weight excluding hydrogens is 732 g/mol. The van der Waals surface area contributed by atoms with Crippen molar-refractivity contribution in [1.82, 2.24) is 20.0 Å². The largest absolute Gasteiger partial charge is 0.508 e. The molecule has 0 bridgehead atoms. The van der Waals surface area contributed by atoms with Gasteiger partial charge in [-0.3, -0.25) is 9.59 Å². The number of rotatable bonds is 9. The second-order valence-electron chi connectivity index (χ2n) is 13.8. The van der Waals surface area contributed by atoms with E-state index in [1.807, 2.05) is 0 Å². The standard InChI is InChI=1S/C35H38N4O16/c40-7-11(8-41)37-39-32(51)22-20-14-3-1-12(44)5-16(14)36-24(20)25-21(23(22)33(39)52)15-4-2-13(45)6-17(15)38(25)34-29(49)28(48)31(19(10-43)53-34)55-35-30(50)27(47)26(46)18(9-42)54-35/h1-6,11,18-19,26-31,34-37,40-50H,7-10H2/t18-,19-,26-,27+,28-,29-,30-,31-,34-,35-/m1/s1. The van der Waals surface area contributed by atoms with Crippen LogP contribution in [0.2, 0.25) is 0 Å². The van der Waals surface area contributed by atoms with E-state index in [4.69, 9.17) is 14.2 Å². The van der Waals surface area contributed by atoms with Gasteiger partial charge in [0, 0.05) is 33.7 Å². The molecule has 20 heteroatoms. The quantitative estimate of drug-likeness (QED) is 0.0668. The first-order chi connectivity index (χ1) is 26.3. The number of aliphatic hydroxyl groups is 9. The summed E-state index contributed by atoms with van der Waals surface area (Å²) in [6.45, 7) is -2.90. The number of phenols is 2. The van der Waals surface area contributed by atoms with Crippen molar-refractivity contribution in [1.29, 1.82) is 0 Å². The van der Waals surface area contributed by atoms with E-state index in [0.29, 0.717) is 15.9 Å². The van der Waals surface area contributed by atoms with Crippen LogP contribution >= 0.6 is 0 Å². The highest BCUT2D eigenvalue weighted by atomic mass is 16.7. The average Bonchev–Trinajstić information content (AvgIpc) is 3.78. The van der Waals surface area contributed by atoms with E-state index < -0.39 is 106 Å². The molecular formula is C35H38N4O16. The van der Waals surface area contributed by atoms with Gasteiger partial charge in [-0.15, -0.1) is 0 Å². The monoisotopic (exact) mass is 770 g/mol. The maximum Gasteiger partial charge on any atom is 0.276 e. The lowest BCUT2D eigenvalue weighted by molar-refractivity contribution is -0.346. The number of carbonyl (C=O) groups excluding carboxylic acids is 2. The van der Waals surface area contributed by atoms with Gasteiger partial charge in [0.1, 0.15) is 60.3 Å². The molecule has 2 amide bonds. The maximum absolute atomic E-state index is 14.3. The second kappa shape index (κ2) is 13.9. The topological polar surface area (TPSA) is 320 Å². The molecule has 13 N–H and O–H groups in total. The predicted molar refractivity (Wildman–Crippen MR) is 185 cm³/mol. The molecule has 2 fully saturated rings. The molecule has 2 aromatic heterocycles. The van der Waals surface area contributed by atoms with Crippen LogP contribution in [0.1, 0.15) is 26.9 Å². The van der Waals surface area contributed by atoms with Crippen LogP contribution < -0.4 is 5.43 Å². The van der Waals surface area contributed by atoms with Gasteiger partial charge in [0.05, 0.1) is 65.7 Å². The van der Waals surface area contributed by atoms with Crippen LogP contribution in [-0.4, -0.2) is 170 Å². The first kappa shape index (κ1) is 37.4. The fraction of sp³-hybridized carbons (Fsp3) is 0.429. The van der Waals surface area contributed by atoms with E-state index in [1.165, 1.54) is 41.0 Å². The lowest BCUT2D eigenvalue weighted by Crippen LogP contribution is -2.63. The van der Waals surface area contributed by atoms with Gasteiger partial charge in [-0.1, -0.05) is 0 Å². The van der Waals surface area contributed by atoms with Crippen LogP contribution in [0.3, 0.4) is 0 Å². The van der Waals surface area contributed by atoms with Crippen molar-refractivity contribution in [2.24, 2.45) is 0 Å². The molecule has 0 saturated carbocycles. The number of benzene rings is 3. The number of imide groups is 1. The summed E-state index contributed by atoms with van der Waals surface area (Å²) in [6.07, 6.45) is -17.3. The van der Waals surface area contributed by atoms with E-state index in [-0.39, 0.29) is 55.3 Å². The molecule has 0 radical (unpaired) electrons. The zero-order valence-electron chi connectivity index (χ0n) is 28.5. The van der Waals surface area contributed by atoms with E-state index >= 15 is 0 Å². The third-order valence-electron chi connectivity index (χ3n) is 10.6. The molecule has 0 spiro atoms. The highest BCUT2D eigenvalue weighted by Crippen LogP contribution is 2.48. The second-order valence-corrected chi connectivity index (χ2v) is 13.8. The van der Waals surface area contributed by atoms with Crippen LogP contribution in [0.15, 0.2) is 36.4 Å². The smallest absolute Gasteiger partial charge is 0.276 e. The Balaban J connectivity index is 1.33. The number of aromatic amines is 1. The number of ether oxygens (including phenoxy) is 3. The van der Waals surface area contributed by atoms with Gasteiger partial charge in [-0.2, -0.15) is 0 Å². The summed E-state index contributed by atoms with van der Waals surface area (Å²) in [5, 5.41) is 117. The number of fused-ring (bicyclic) bond motifs is 10. The van der Waals surface area contributed by atoms with E-state index in [9.17, 15) is 65.8 Å². The summed E-state index contributed by atoms with van der Waals surface area (Å²) in [6, 6.07) is 7.25. The lowest BCUT2D eigenvalue weighted by Gasteiger charge is -2.46. The number of hydrazine groups is 1. The van der Waals surface area contributed by atoms with Crippen LogP contribution in [0.4, 0.5) is 0 Å². The Hall–Kier alpha value is -4.52. The number of phenolic OH excluding ortho intramolecular Hbond substituents is 2. The Bertz CT molecular complexity index is 2320. The van der Waals surface area contributed by atoms with Gasteiger partial charge in [-0.25, -0.2) is 10.4 Å². The van der Waals surface area contributed by atoms with Crippen molar-refractivity contribution in [3.05, 3.63) is 47.5 Å². The normalized spacial score (nSPS) is 30.2. The molecule has 55 heavy (non-hydrogen) atoms. The average molecular weight is 771 g/mol. The number of hydrogen-bond acceptors (Lipinski definition) is 17. The van der Waals surface area contributed by atoms with Gasteiger partial charge in [0.2, 0.25) is 0 Å². The number of aromatic hydroxyl groups is 2. The molecule has 0 aliphatic carbocycles. The van der Waals surface area contributed by atoms with Crippen LogP contribution in [0.25, 0.3) is 43.6 Å². The van der Waals surface area contributed by atoms with Crippen molar-refractivity contribution in [2.45, 2.75) is 67.4 Å². The molecule has 294 valence electrons. The van der Waals surface area contributed by atoms with Crippen LogP contribution in [0.5, 0.6) is 11.5 Å². The lowest BCUT2D eigenvalue weighted by atomic mass is 9.95. The zero-order valence-corrected chi connectivity index (χ0v) is 28.5. The maximum atomic E-state index is 14.3. The van der Waals surface area contributed by atoms with Gasteiger partial charge in [-0.05, 0) is 24.3 Å². The summed E-state index contributed by atoms with van der Waals surface area (Å²) in [5.74, 6) is -2.10. The SMILES string of the molecule is O=C1c2c(c3c4ccc(O)cc4n([C@@H]4O[C@H](CO)[C@@H](O[C@H]5O[C@H](CO)[C@@H](O)[C@H](O)[C@H]5O)[C@H](O)[C@H]4O)c3c3[nH]c4cc(O)ccc4c23)C(=O)N1NC(CO)CO. The number of amides is 2. The van der Waals surface area contributed by atoms with Crippen molar-refractivity contribution in [2.75, 3.05) is 26.4 Å². The molecule has 0 unspecified atom stereocenters. The molecule has 3 aliphatic heterocycles. The zero-order chi connectivity index (χ0) is 39.2. The minimum Gasteiger partial charge on any atom is -0.508 e. The summed E-state index contributed by atoms with van der Waals surface area (Å²) in [4.78, 5) is 31.7. The van der Waals surface area contributed by atoms with E-state index in [0.717, 1.165) is 0 Å². The molecule has 5 heterocycles. The van der Waals surface area contributed by atoms with Gasteiger partial charge in [0.25, 0.3) is 11.8 Å². The Kier molecular flexibility index (Phi) is 9.45. The number of nitrogens with one attached hydrogen (secondary N) is 2. The highest BCUT2D eigenvalue weighted by molar-refractivity contribution is 6.39. The third kappa shape index (κ3) is 5.57. The first-order valence-corrected chi connectivity index (χ1v) is 17.3. The molecule has 3 aromatic carbocycles. The van der Waals surface area contributed by atoms with E-state index in [2.05, 4.69) is 10.4 Å². The summed E-state index contributed by atoms with van der Waals surface area (Å²) < 4.78 is 18.8. The van der Waals surface area contributed by atoms with E-state index in [1.54, 1.807) is 0 Å². The first-order valence-electron chi connectivity index (χ1n) is 17.3. The van der Waals surface area contributed by atoms with Gasteiger partial charge in [0.15, 0.2) is 12.5 Å². The fourth-order valence-electron chi connectivity index (χ4n) is 7.90. The number of H-pyrrole nitrogens is 1. The number of nitrogens with zero attached hydrogens (tertiary/aromatic N) is 2. The molecule has 10 atom stereocenters. The van der Waals surface area contributed by atoms with Gasteiger partial charge >= 0.3 is 0 Å². The molecule has 2 saturated heterocycles. The fourth-order valence-corrected chi connectivity index (χ4v) is 7.90. The summed E-state index contributed by atoms with van der Waals surface area (Å²) >= 11 is 0. The Morgan fingerprint density at radius 1 is 0.745 bits per heavy atom. The molecule has 8 rings (SSSR count). The Morgan fingerprint density at radius 3 is 2.04 bits per heavy atom. The molecule has 20 nitrogen and oxygen atoms in total.